The highest BCUT2D eigenvalue weighted by Crippen LogP contribution is 2.17. The molecule has 7 heteroatoms. The monoisotopic (exact) mass is 283 g/mol. The Bertz CT molecular complexity index is 668. The molecule has 1 aromatic carbocycles. The van der Waals surface area contributed by atoms with Crippen molar-refractivity contribution in [2.75, 3.05) is 0 Å². The Morgan fingerprint density at radius 1 is 1.42 bits per heavy atom. The van der Waals surface area contributed by atoms with Crippen LogP contribution in [0.4, 0.5) is 4.39 Å². The first-order valence-corrected chi connectivity index (χ1v) is 7.16. The van der Waals surface area contributed by atoms with Crippen molar-refractivity contribution in [2.24, 2.45) is 0 Å². The second-order valence-electron chi connectivity index (χ2n) is 4.23. The highest BCUT2D eigenvalue weighted by Gasteiger charge is 2.20. The summed E-state index contributed by atoms with van der Waals surface area (Å²) < 4.78 is 40.0. The lowest BCUT2D eigenvalue weighted by Gasteiger charge is -2.12. The van der Waals surface area contributed by atoms with Crippen molar-refractivity contribution in [3.63, 3.8) is 0 Å². The number of sulfonamides is 1. The van der Waals surface area contributed by atoms with E-state index in [0.717, 1.165) is 6.07 Å². The van der Waals surface area contributed by atoms with Gasteiger partial charge < -0.3 is 4.98 Å². The van der Waals surface area contributed by atoms with Gasteiger partial charge in [-0.1, -0.05) is 6.07 Å². The number of nitrogens with zero attached hydrogens (tertiary/aromatic N) is 1. The maximum atomic E-state index is 13.4. The number of aryl methyl sites for hydroxylation is 1. The van der Waals surface area contributed by atoms with E-state index in [4.69, 9.17) is 0 Å². The molecule has 1 atom stereocenters. The summed E-state index contributed by atoms with van der Waals surface area (Å²) in [7, 11) is -3.77. The standard InChI is InChI=1S/C12H14FN3O2S/c1-8-3-4-10(7-11(8)13)19(17,18)16-9(2)12-14-5-6-15-12/h3-7,9,16H,1-2H3,(H,14,15). The molecule has 0 aliphatic heterocycles. The number of rotatable bonds is 4. The third kappa shape index (κ3) is 2.99. The van der Waals surface area contributed by atoms with E-state index in [2.05, 4.69) is 14.7 Å². The summed E-state index contributed by atoms with van der Waals surface area (Å²) in [6.07, 6.45) is 3.14. The smallest absolute Gasteiger partial charge is 0.241 e. The molecule has 2 N–H and O–H groups in total. The van der Waals surface area contributed by atoms with Crippen molar-refractivity contribution in [1.82, 2.24) is 14.7 Å². The van der Waals surface area contributed by atoms with Crippen molar-refractivity contribution >= 4 is 10.0 Å². The molecule has 0 bridgehead atoms. The van der Waals surface area contributed by atoms with Gasteiger partial charge in [-0.15, -0.1) is 0 Å². The van der Waals surface area contributed by atoms with Gasteiger partial charge in [0.2, 0.25) is 10.0 Å². The van der Waals surface area contributed by atoms with Gasteiger partial charge in [-0.2, -0.15) is 0 Å². The average molecular weight is 283 g/mol. The van der Waals surface area contributed by atoms with Crippen LogP contribution in [0.3, 0.4) is 0 Å². The van der Waals surface area contributed by atoms with Gasteiger partial charge in [0, 0.05) is 12.4 Å². The van der Waals surface area contributed by atoms with Gasteiger partial charge in [0.25, 0.3) is 0 Å². The number of aromatic nitrogens is 2. The number of nitrogens with one attached hydrogen (secondary N) is 2. The Kier molecular flexibility index (Phi) is 3.68. The molecule has 0 spiro atoms. The van der Waals surface area contributed by atoms with Crippen LogP contribution in [0.2, 0.25) is 0 Å². The maximum Gasteiger partial charge on any atom is 0.241 e. The third-order valence-electron chi connectivity index (χ3n) is 2.72. The predicted molar refractivity (Wildman–Crippen MR) is 68.5 cm³/mol. The average Bonchev–Trinajstić information content (AvgIpc) is 2.85. The van der Waals surface area contributed by atoms with Crippen LogP contribution in [0, 0.1) is 12.7 Å². The van der Waals surface area contributed by atoms with E-state index >= 15 is 0 Å². The normalized spacial score (nSPS) is 13.4. The lowest BCUT2D eigenvalue weighted by atomic mass is 10.2. The molecular weight excluding hydrogens is 269 g/mol. The summed E-state index contributed by atoms with van der Waals surface area (Å²) in [5.74, 6) is -0.0512. The van der Waals surface area contributed by atoms with Crippen LogP contribution in [0.5, 0.6) is 0 Å². The molecule has 1 heterocycles. The summed E-state index contributed by atoms with van der Waals surface area (Å²) in [6.45, 7) is 3.23. The molecule has 0 amide bonds. The van der Waals surface area contributed by atoms with E-state index in [9.17, 15) is 12.8 Å². The number of aromatic amines is 1. The van der Waals surface area contributed by atoms with Crippen LogP contribution in [0.1, 0.15) is 24.4 Å². The van der Waals surface area contributed by atoms with Crippen molar-refractivity contribution < 1.29 is 12.8 Å². The fourth-order valence-electron chi connectivity index (χ4n) is 1.61. The summed E-state index contributed by atoms with van der Waals surface area (Å²) in [5, 5.41) is 0. The minimum Gasteiger partial charge on any atom is -0.347 e. The highest BCUT2D eigenvalue weighted by molar-refractivity contribution is 7.89. The number of H-pyrrole nitrogens is 1. The molecule has 0 fully saturated rings. The van der Waals surface area contributed by atoms with Gasteiger partial charge in [0.05, 0.1) is 10.9 Å². The van der Waals surface area contributed by atoms with Gasteiger partial charge in [-0.3, -0.25) is 0 Å². The Morgan fingerprint density at radius 3 is 2.74 bits per heavy atom. The van der Waals surface area contributed by atoms with Crippen LogP contribution in [0.15, 0.2) is 35.5 Å². The zero-order valence-corrected chi connectivity index (χ0v) is 11.3. The molecule has 0 aliphatic carbocycles. The van der Waals surface area contributed by atoms with Gasteiger partial charge in [-0.05, 0) is 31.5 Å². The van der Waals surface area contributed by atoms with Crippen LogP contribution < -0.4 is 4.72 Å². The molecule has 1 unspecified atom stereocenters. The number of hydrogen-bond acceptors (Lipinski definition) is 3. The van der Waals surface area contributed by atoms with Gasteiger partial charge >= 0.3 is 0 Å². The van der Waals surface area contributed by atoms with Gasteiger partial charge in [0.1, 0.15) is 11.6 Å². The van der Waals surface area contributed by atoms with Crippen LogP contribution >= 0.6 is 0 Å². The second kappa shape index (κ2) is 5.10. The summed E-state index contributed by atoms with van der Waals surface area (Å²) >= 11 is 0. The fourth-order valence-corrected chi connectivity index (χ4v) is 2.83. The molecule has 0 aliphatic rings. The van der Waals surface area contributed by atoms with Crippen LogP contribution in [-0.2, 0) is 10.0 Å². The molecule has 2 rings (SSSR count). The molecule has 5 nitrogen and oxygen atoms in total. The topological polar surface area (TPSA) is 74.8 Å². The molecule has 0 saturated carbocycles. The zero-order chi connectivity index (χ0) is 14.0. The van der Waals surface area contributed by atoms with E-state index in [1.54, 1.807) is 20.0 Å². The number of halogens is 1. The highest BCUT2D eigenvalue weighted by atomic mass is 32.2. The Balaban J connectivity index is 2.25. The Hall–Kier alpha value is -1.73. The molecule has 19 heavy (non-hydrogen) atoms. The van der Waals surface area contributed by atoms with Crippen molar-refractivity contribution in [3.8, 4) is 0 Å². The molecule has 2 aromatic rings. The SMILES string of the molecule is Cc1ccc(S(=O)(=O)NC(C)c2ncc[nH]2)cc1F. The predicted octanol–water partition coefficient (Wildman–Crippen LogP) is 1.90. The van der Waals surface area contributed by atoms with Crippen LogP contribution in [0.25, 0.3) is 0 Å². The first kappa shape index (κ1) is 13.7. The molecule has 0 radical (unpaired) electrons. The largest absolute Gasteiger partial charge is 0.347 e. The minimum atomic E-state index is -3.77. The quantitative estimate of drug-likeness (QED) is 0.900. The van der Waals surface area contributed by atoms with Crippen molar-refractivity contribution in [2.45, 2.75) is 24.8 Å². The molecule has 102 valence electrons. The fraction of sp³-hybridized carbons (Fsp3) is 0.250. The van der Waals surface area contributed by atoms with E-state index in [1.165, 1.54) is 18.3 Å². The van der Waals surface area contributed by atoms with Gasteiger partial charge in [-0.25, -0.2) is 22.5 Å². The summed E-state index contributed by atoms with van der Waals surface area (Å²) in [5.41, 5.74) is 0.401. The van der Waals surface area contributed by atoms with Crippen LogP contribution in [-0.4, -0.2) is 18.4 Å². The lowest BCUT2D eigenvalue weighted by Crippen LogP contribution is -2.27. The van der Waals surface area contributed by atoms with Crippen molar-refractivity contribution in [3.05, 3.63) is 47.8 Å². The van der Waals surface area contributed by atoms with E-state index in [0.29, 0.717) is 11.4 Å². The van der Waals surface area contributed by atoms with E-state index < -0.39 is 21.9 Å². The first-order chi connectivity index (χ1) is 8.90. The Morgan fingerprint density at radius 2 is 2.16 bits per heavy atom. The molecular formula is C12H14FN3O2S. The second-order valence-corrected chi connectivity index (χ2v) is 5.94. The number of benzene rings is 1. The zero-order valence-electron chi connectivity index (χ0n) is 10.5. The molecule has 0 saturated heterocycles. The Labute approximate surface area is 110 Å². The van der Waals surface area contributed by atoms with E-state index in [-0.39, 0.29) is 4.90 Å². The number of hydrogen-bond donors (Lipinski definition) is 2. The summed E-state index contributed by atoms with van der Waals surface area (Å²) in [4.78, 5) is 6.69. The van der Waals surface area contributed by atoms with Crippen molar-refractivity contribution in [1.29, 1.82) is 0 Å². The minimum absolute atomic E-state index is 0.103. The van der Waals surface area contributed by atoms with E-state index in [1.807, 2.05) is 0 Å². The maximum absolute atomic E-state index is 13.4. The number of imidazole rings is 1. The van der Waals surface area contributed by atoms with Gasteiger partial charge in [0.15, 0.2) is 0 Å². The molecule has 1 aromatic heterocycles. The summed E-state index contributed by atoms with van der Waals surface area (Å²) in [6, 6.07) is 3.29. The lowest BCUT2D eigenvalue weighted by molar-refractivity contribution is 0.558. The third-order valence-corrected chi connectivity index (χ3v) is 4.25. The first-order valence-electron chi connectivity index (χ1n) is 5.68.